The molecule has 2 aromatic rings. The summed E-state index contributed by atoms with van der Waals surface area (Å²) < 4.78 is 8.51. The minimum absolute atomic E-state index is 0.00854. The van der Waals surface area contributed by atoms with E-state index in [9.17, 15) is 19.8 Å². The second kappa shape index (κ2) is 10.2. The Morgan fingerprint density at radius 2 is 1.41 bits per heavy atom. The van der Waals surface area contributed by atoms with Crippen LogP contribution in [0.15, 0.2) is 40.3 Å². The van der Waals surface area contributed by atoms with Gasteiger partial charge < -0.3 is 57.7 Å². The highest BCUT2D eigenvalue weighted by molar-refractivity contribution is 9.13. The number of hydrogen-bond acceptors (Lipinski definition) is 11. The van der Waals surface area contributed by atoms with Gasteiger partial charge in [-0.1, -0.05) is 0 Å². The summed E-state index contributed by atoms with van der Waals surface area (Å²) in [5, 5.41) is 35.5. The number of nitrogens with zero attached hydrogens (tertiary/aromatic N) is 2. The minimum atomic E-state index is -1.89. The second-order valence-corrected chi connectivity index (χ2v) is 13.5. The first kappa shape index (κ1) is 28.9. The van der Waals surface area contributed by atoms with Crippen molar-refractivity contribution >= 4 is 87.5 Å². The Labute approximate surface area is 265 Å². The number of nitrogens with two attached hydrogens (primary N) is 2. The van der Waals surface area contributed by atoms with Crippen LogP contribution in [0, 0.1) is 17.8 Å². The minimum Gasteiger partial charge on any atom is -0.390 e. The lowest BCUT2D eigenvalue weighted by Gasteiger charge is -2.51. The van der Waals surface area contributed by atoms with Crippen molar-refractivity contribution in [3.8, 4) is 0 Å². The number of aliphatic hydroxyl groups excluding tert-OH is 1. The zero-order valence-electron chi connectivity index (χ0n) is 20.7. The first-order valence-corrected chi connectivity index (χ1v) is 15.5. The fourth-order valence-electron chi connectivity index (χ4n) is 6.42. The monoisotopic (exact) mass is 824 g/mol. The van der Waals surface area contributed by atoms with Crippen molar-refractivity contribution in [1.29, 1.82) is 0 Å². The fraction of sp³-hybridized carbons (Fsp3) is 0.455. The highest BCUT2D eigenvalue weighted by Crippen LogP contribution is 2.57. The fourth-order valence-corrected chi connectivity index (χ4v) is 7.73. The normalized spacial score (nSPS) is 35.0. The largest absolute Gasteiger partial charge is 0.390 e. The number of amides is 2. The van der Waals surface area contributed by atoms with E-state index in [1.165, 1.54) is 0 Å². The zero-order chi connectivity index (χ0) is 29.4. The van der Waals surface area contributed by atoms with E-state index in [-0.39, 0.29) is 36.4 Å². The molecule has 2 amide bonds. The molecule has 6 rings (SSSR count). The summed E-state index contributed by atoms with van der Waals surface area (Å²) >= 11 is 13.3. The molecule has 2 fully saturated rings. The molecule has 0 radical (unpaired) electrons. The van der Waals surface area contributed by atoms with Gasteiger partial charge in [0.2, 0.25) is 6.23 Å². The topological polar surface area (TPSA) is 240 Å². The van der Waals surface area contributed by atoms with Crippen LogP contribution in [-0.2, 0) is 4.74 Å². The van der Waals surface area contributed by atoms with E-state index in [1.54, 1.807) is 12.1 Å². The number of carbonyl (C=O) groups excluding carboxylic acids is 2. The lowest BCUT2D eigenvalue weighted by molar-refractivity contribution is -0.243. The Balaban J connectivity index is 1.34. The van der Waals surface area contributed by atoms with Crippen LogP contribution in [0.3, 0.4) is 0 Å². The maximum absolute atomic E-state index is 13.1. The van der Waals surface area contributed by atoms with E-state index < -0.39 is 59.4 Å². The van der Waals surface area contributed by atoms with Gasteiger partial charge in [0.1, 0.15) is 16.9 Å². The van der Waals surface area contributed by atoms with E-state index in [2.05, 4.69) is 105 Å². The van der Waals surface area contributed by atoms with E-state index in [0.29, 0.717) is 18.2 Å². The molecular formula is C22H24Br4N10O5. The molecule has 5 heterocycles. The predicted molar refractivity (Wildman–Crippen MR) is 159 cm³/mol. The maximum atomic E-state index is 13.1. The van der Waals surface area contributed by atoms with Gasteiger partial charge >= 0.3 is 0 Å². The van der Waals surface area contributed by atoms with E-state index in [1.807, 2.05) is 0 Å². The molecule has 1 saturated heterocycles. The molecule has 1 spiro atoms. The summed E-state index contributed by atoms with van der Waals surface area (Å²) in [6.07, 6.45) is -3.45. The van der Waals surface area contributed by atoms with E-state index in [4.69, 9.17) is 16.2 Å². The number of fused-ring (bicyclic) bond motifs is 2. The van der Waals surface area contributed by atoms with Gasteiger partial charge in [0.25, 0.3) is 11.8 Å². The highest BCUT2D eigenvalue weighted by atomic mass is 79.9. The first-order valence-electron chi connectivity index (χ1n) is 12.3. The van der Waals surface area contributed by atoms with Gasteiger partial charge in [-0.15, -0.1) is 0 Å². The van der Waals surface area contributed by atoms with Gasteiger partial charge in [-0.05, 0) is 81.8 Å². The van der Waals surface area contributed by atoms with Crippen molar-refractivity contribution in [3.05, 3.63) is 41.7 Å². The second-order valence-electron chi connectivity index (χ2n) is 10.2. The number of aromatic nitrogens is 2. The van der Waals surface area contributed by atoms with Gasteiger partial charge in [-0.25, -0.2) is 9.98 Å². The quantitative estimate of drug-likeness (QED) is 0.184. The number of guanidine groups is 2. The Bertz CT molecular complexity index is 1460. The van der Waals surface area contributed by atoms with Crippen LogP contribution in [0.4, 0.5) is 0 Å². The first-order chi connectivity index (χ1) is 19.3. The highest BCUT2D eigenvalue weighted by Gasteiger charge is 2.76. The summed E-state index contributed by atoms with van der Waals surface area (Å²) in [4.78, 5) is 40.5. The van der Waals surface area contributed by atoms with Gasteiger partial charge in [0.15, 0.2) is 23.9 Å². The Hall–Kier alpha value is -2.16. The Kier molecular flexibility index (Phi) is 7.22. The van der Waals surface area contributed by atoms with Crippen molar-refractivity contribution in [2.75, 3.05) is 13.1 Å². The summed E-state index contributed by atoms with van der Waals surface area (Å²) in [7, 11) is 0. The molecule has 220 valence electrons. The van der Waals surface area contributed by atoms with Crippen LogP contribution in [-0.4, -0.2) is 86.8 Å². The number of aromatic amines is 2. The van der Waals surface area contributed by atoms with E-state index >= 15 is 0 Å². The summed E-state index contributed by atoms with van der Waals surface area (Å²) in [5.41, 5.74) is 9.26. The third kappa shape index (κ3) is 4.51. The van der Waals surface area contributed by atoms with Crippen LogP contribution in [0.5, 0.6) is 0 Å². The van der Waals surface area contributed by atoms with Crippen LogP contribution in [0.2, 0.25) is 0 Å². The molecule has 12 N–H and O–H groups in total. The van der Waals surface area contributed by atoms with E-state index in [0.717, 1.165) is 0 Å². The molecule has 19 heteroatoms. The lowest BCUT2D eigenvalue weighted by atomic mass is 9.71. The molecule has 0 bridgehead atoms. The molecule has 4 aliphatic rings. The number of aliphatic imine (C=N–C) groups is 2. The number of hydrogen-bond donors (Lipinski definition) is 10. The molecule has 3 aliphatic heterocycles. The van der Waals surface area contributed by atoms with Crippen LogP contribution < -0.4 is 32.7 Å². The van der Waals surface area contributed by atoms with Crippen molar-refractivity contribution in [2.24, 2.45) is 39.2 Å². The Morgan fingerprint density at radius 1 is 0.902 bits per heavy atom. The van der Waals surface area contributed by atoms with Crippen molar-refractivity contribution < 1.29 is 24.5 Å². The average Bonchev–Trinajstić information content (AvgIpc) is 3.66. The maximum Gasteiger partial charge on any atom is 0.267 e. The number of ether oxygens (including phenoxy) is 1. The van der Waals surface area contributed by atoms with Crippen molar-refractivity contribution in [1.82, 2.24) is 31.2 Å². The molecule has 8 atom stereocenters. The zero-order valence-corrected chi connectivity index (χ0v) is 27.1. The lowest BCUT2D eigenvalue weighted by Crippen LogP contribution is -2.76. The van der Waals surface area contributed by atoms with Crippen LogP contribution >= 0.6 is 63.7 Å². The molecule has 41 heavy (non-hydrogen) atoms. The SMILES string of the molecule is NC1=N[C@@H]2O[C@@H]3N=C(N)N[C@@]34[C@@H](O)[C@H](CNC(=O)c3cc(Br)c(Br)[nH]3)[C@@H](CNC(=O)c3cc(Br)c(Br)[nH]3)[C@H]4[C@]2(O)N1. The number of halogens is 4. The molecule has 15 nitrogen and oxygen atoms in total. The van der Waals surface area contributed by atoms with Crippen molar-refractivity contribution in [3.63, 3.8) is 0 Å². The van der Waals surface area contributed by atoms with Crippen LogP contribution in [0.25, 0.3) is 0 Å². The molecular weight excluding hydrogens is 804 g/mol. The van der Waals surface area contributed by atoms with Crippen LogP contribution in [0.1, 0.15) is 21.0 Å². The van der Waals surface area contributed by atoms with Crippen molar-refractivity contribution in [2.45, 2.75) is 29.8 Å². The number of nitrogens with one attached hydrogen (secondary N) is 6. The summed E-state index contributed by atoms with van der Waals surface area (Å²) in [6.45, 7) is -0.0420. The molecule has 2 aromatic heterocycles. The number of H-pyrrole nitrogens is 2. The number of carbonyl (C=O) groups is 2. The average molecular weight is 828 g/mol. The summed E-state index contributed by atoms with van der Waals surface area (Å²) in [5.74, 6) is -3.18. The Morgan fingerprint density at radius 3 is 1.95 bits per heavy atom. The van der Waals surface area contributed by atoms with Gasteiger partial charge in [-0.3, -0.25) is 9.59 Å². The summed E-state index contributed by atoms with van der Waals surface area (Å²) in [6, 6.07) is 3.23. The van der Waals surface area contributed by atoms with Gasteiger partial charge in [0, 0.05) is 24.9 Å². The third-order valence-corrected chi connectivity index (χ3v) is 11.6. The predicted octanol–water partition coefficient (Wildman–Crippen LogP) is -0.279. The van der Waals surface area contributed by atoms with Gasteiger partial charge in [0.05, 0.1) is 24.3 Å². The number of rotatable bonds is 6. The number of aliphatic hydroxyl groups is 2. The third-order valence-electron chi connectivity index (χ3n) is 8.03. The molecule has 1 aliphatic carbocycles. The van der Waals surface area contributed by atoms with Gasteiger partial charge in [-0.2, -0.15) is 0 Å². The molecule has 0 unspecified atom stereocenters. The molecule has 1 saturated carbocycles. The molecule has 0 aromatic carbocycles. The smallest absolute Gasteiger partial charge is 0.267 e. The standard InChI is InChI=1S/C22H24Br4N10O5/c23-7-1-9(31-13(7)25)15(38)29-3-5-6(4-30-16(39)10-2-8(24)14(26)32-10)12(37)21-11(5)22(40)18(34-20(28)36-22)41-17(21)33-19(27)35-21/h1-2,5-6,11-12,17-18,31-32,37,40H,3-4H2,(H,29,38)(H,30,39)(H3,27,33,35)(H3,28,34,36)/t5-,6-,11-,12+,17+,18-,21+,22-/m1/s1.